The van der Waals surface area contributed by atoms with E-state index in [1.807, 2.05) is 6.20 Å². The van der Waals surface area contributed by atoms with Gasteiger partial charge in [-0.25, -0.2) is 0 Å². The van der Waals surface area contributed by atoms with Gasteiger partial charge in [0.25, 0.3) is 0 Å². The molecular formula is C14H17N3S. The zero-order valence-electron chi connectivity index (χ0n) is 10.5. The highest BCUT2D eigenvalue weighted by Crippen LogP contribution is 2.26. The summed E-state index contributed by atoms with van der Waals surface area (Å²) in [5.41, 5.74) is 3.52. The van der Waals surface area contributed by atoms with Gasteiger partial charge in [-0.2, -0.15) is 8.75 Å². The summed E-state index contributed by atoms with van der Waals surface area (Å²) in [4.78, 5) is 2.55. The van der Waals surface area contributed by atoms with Crippen molar-refractivity contribution in [3.05, 3.63) is 36.0 Å². The Balaban J connectivity index is 1.78. The number of rotatable bonds is 3. The summed E-state index contributed by atoms with van der Waals surface area (Å²) < 4.78 is 8.30. The average molecular weight is 259 g/mol. The fraction of sp³-hybridized carbons (Fsp3) is 0.429. The van der Waals surface area contributed by atoms with Gasteiger partial charge >= 0.3 is 0 Å². The highest BCUT2D eigenvalue weighted by atomic mass is 32.1. The Kier molecular flexibility index (Phi) is 3.39. The van der Waals surface area contributed by atoms with Gasteiger partial charge in [0.05, 0.1) is 17.9 Å². The predicted molar refractivity (Wildman–Crippen MR) is 74.6 cm³/mol. The van der Waals surface area contributed by atoms with Crippen LogP contribution < -0.4 is 0 Å². The number of nitrogens with zero attached hydrogens (tertiary/aromatic N) is 3. The molecule has 1 fully saturated rings. The maximum atomic E-state index is 4.26. The highest BCUT2D eigenvalue weighted by molar-refractivity contribution is 6.99. The van der Waals surface area contributed by atoms with E-state index in [4.69, 9.17) is 0 Å². The van der Waals surface area contributed by atoms with Gasteiger partial charge in [0.15, 0.2) is 0 Å². The van der Waals surface area contributed by atoms with Crippen molar-refractivity contribution in [2.24, 2.45) is 0 Å². The molecule has 18 heavy (non-hydrogen) atoms. The Morgan fingerprint density at radius 3 is 2.50 bits per heavy atom. The normalized spacial score (nSPS) is 18.1. The topological polar surface area (TPSA) is 29.0 Å². The number of likely N-dealkylation sites (tertiary alicyclic amines) is 1. The first kappa shape index (κ1) is 11.8. The summed E-state index contributed by atoms with van der Waals surface area (Å²) in [7, 11) is 0. The van der Waals surface area contributed by atoms with Crippen LogP contribution >= 0.6 is 11.7 Å². The standard InChI is InChI=1S/C14H17N3S/c1-11(17-8-2-3-9-17)12-4-6-13(7-5-12)14-10-15-18-16-14/h4-7,10-11H,2-3,8-9H2,1H3/t11-/m0/s1. The maximum Gasteiger partial charge on any atom is 0.104 e. The highest BCUT2D eigenvalue weighted by Gasteiger charge is 2.19. The number of aromatic nitrogens is 2. The van der Waals surface area contributed by atoms with Crippen LogP contribution in [0.4, 0.5) is 0 Å². The van der Waals surface area contributed by atoms with Crippen molar-refractivity contribution in [3.63, 3.8) is 0 Å². The van der Waals surface area contributed by atoms with Gasteiger partial charge in [0.1, 0.15) is 5.69 Å². The lowest BCUT2D eigenvalue weighted by atomic mass is 10.0. The van der Waals surface area contributed by atoms with Gasteiger partial charge in [-0.3, -0.25) is 4.90 Å². The molecule has 0 radical (unpaired) electrons. The molecule has 4 heteroatoms. The van der Waals surface area contributed by atoms with Crippen LogP contribution in [0.15, 0.2) is 30.5 Å². The summed E-state index contributed by atoms with van der Waals surface area (Å²) in [5, 5.41) is 0. The van der Waals surface area contributed by atoms with Crippen LogP contribution in [0.25, 0.3) is 11.3 Å². The molecular weight excluding hydrogens is 242 g/mol. The van der Waals surface area contributed by atoms with Crippen LogP contribution in [0.1, 0.15) is 31.4 Å². The molecule has 1 aliphatic heterocycles. The fourth-order valence-corrected chi connectivity index (χ4v) is 3.00. The molecule has 1 aliphatic rings. The van der Waals surface area contributed by atoms with Crippen molar-refractivity contribution in [2.75, 3.05) is 13.1 Å². The molecule has 1 aromatic heterocycles. The molecule has 0 N–H and O–H groups in total. The SMILES string of the molecule is C[C@@H](c1ccc(-c2cnsn2)cc1)N1CCCC1. The van der Waals surface area contributed by atoms with Gasteiger partial charge in [0.2, 0.25) is 0 Å². The quantitative estimate of drug-likeness (QED) is 0.846. The molecule has 0 saturated carbocycles. The lowest BCUT2D eigenvalue weighted by molar-refractivity contribution is 0.263. The minimum atomic E-state index is 0.523. The van der Waals surface area contributed by atoms with Crippen LogP contribution in [-0.4, -0.2) is 26.7 Å². The van der Waals surface area contributed by atoms with Crippen molar-refractivity contribution in [3.8, 4) is 11.3 Å². The second kappa shape index (κ2) is 5.16. The third-order valence-electron chi connectivity index (χ3n) is 3.74. The molecule has 2 heterocycles. The van der Waals surface area contributed by atoms with Crippen molar-refractivity contribution in [2.45, 2.75) is 25.8 Å². The third-order valence-corrected chi connectivity index (χ3v) is 4.22. The third kappa shape index (κ3) is 2.31. The largest absolute Gasteiger partial charge is 0.297 e. The van der Waals surface area contributed by atoms with Crippen molar-refractivity contribution in [1.82, 2.24) is 13.6 Å². The van der Waals surface area contributed by atoms with E-state index in [0.29, 0.717) is 6.04 Å². The number of hydrogen-bond acceptors (Lipinski definition) is 4. The van der Waals surface area contributed by atoms with Crippen molar-refractivity contribution >= 4 is 11.7 Å². The van der Waals surface area contributed by atoms with Crippen LogP contribution in [0.5, 0.6) is 0 Å². The minimum Gasteiger partial charge on any atom is -0.297 e. The lowest BCUT2D eigenvalue weighted by Gasteiger charge is -2.24. The van der Waals surface area contributed by atoms with Crippen LogP contribution in [0.3, 0.4) is 0 Å². The van der Waals surface area contributed by atoms with Crippen LogP contribution in [-0.2, 0) is 0 Å². The molecule has 3 nitrogen and oxygen atoms in total. The first-order chi connectivity index (χ1) is 8.84. The Bertz CT molecular complexity index is 486. The van der Waals surface area contributed by atoms with E-state index in [9.17, 15) is 0 Å². The monoisotopic (exact) mass is 259 g/mol. The molecule has 1 aromatic carbocycles. The summed E-state index contributed by atoms with van der Waals surface area (Å²) in [6, 6.07) is 9.27. The molecule has 0 spiro atoms. The smallest absolute Gasteiger partial charge is 0.104 e. The van der Waals surface area contributed by atoms with Gasteiger partial charge in [-0.15, -0.1) is 0 Å². The molecule has 2 aromatic rings. The minimum absolute atomic E-state index is 0.523. The van der Waals surface area contributed by atoms with E-state index < -0.39 is 0 Å². The van der Waals surface area contributed by atoms with E-state index in [1.165, 1.54) is 43.2 Å². The second-order valence-corrected chi connectivity index (χ2v) is 5.39. The average Bonchev–Trinajstić information content (AvgIpc) is 3.11. The zero-order chi connectivity index (χ0) is 12.4. The molecule has 1 saturated heterocycles. The van der Waals surface area contributed by atoms with Crippen LogP contribution in [0, 0.1) is 0 Å². The molecule has 3 rings (SSSR count). The van der Waals surface area contributed by atoms with E-state index in [0.717, 1.165) is 11.3 Å². The molecule has 0 amide bonds. The number of benzene rings is 1. The van der Waals surface area contributed by atoms with E-state index >= 15 is 0 Å². The Hall–Kier alpha value is -1.26. The van der Waals surface area contributed by atoms with Crippen molar-refractivity contribution < 1.29 is 0 Å². The van der Waals surface area contributed by atoms with E-state index in [2.05, 4.69) is 44.8 Å². The molecule has 1 atom stereocenters. The lowest BCUT2D eigenvalue weighted by Crippen LogP contribution is -2.23. The Labute approximate surface area is 112 Å². The summed E-state index contributed by atoms with van der Waals surface area (Å²) in [5.74, 6) is 0. The Morgan fingerprint density at radius 2 is 1.89 bits per heavy atom. The van der Waals surface area contributed by atoms with Crippen LogP contribution in [0.2, 0.25) is 0 Å². The summed E-state index contributed by atoms with van der Waals surface area (Å²) in [6.07, 6.45) is 4.50. The number of hydrogen-bond donors (Lipinski definition) is 0. The van der Waals surface area contributed by atoms with Crippen molar-refractivity contribution in [1.29, 1.82) is 0 Å². The van der Waals surface area contributed by atoms with Gasteiger partial charge in [-0.05, 0) is 38.4 Å². The summed E-state index contributed by atoms with van der Waals surface area (Å²) >= 11 is 1.26. The second-order valence-electron chi connectivity index (χ2n) is 4.83. The Morgan fingerprint density at radius 1 is 1.17 bits per heavy atom. The molecule has 0 bridgehead atoms. The van der Waals surface area contributed by atoms with Gasteiger partial charge in [0, 0.05) is 11.6 Å². The molecule has 0 unspecified atom stereocenters. The zero-order valence-corrected chi connectivity index (χ0v) is 11.4. The van der Waals surface area contributed by atoms with E-state index in [1.54, 1.807) is 0 Å². The van der Waals surface area contributed by atoms with Gasteiger partial charge in [-0.1, -0.05) is 24.3 Å². The molecule has 94 valence electrons. The first-order valence-corrected chi connectivity index (χ1v) is 7.19. The fourth-order valence-electron chi connectivity index (χ4n) is 2.56. The van der Waals surface area contributed by atoms with E-state index in [-0.39, 0.29) is 0 Å². The summed E-state index contributed by atoms with van der Waals surface area (Å²) in [6.45, 7) is 4.77. The predicted octanol–water partition coefficient (Wildman–Crippen LogP) is 3.36. The van der Waals surface area contributed by atoms with Gasteiger partial charge < -0.3 is 0 Å². The maximum absolute atomic E-state index is 4.26. The molecule has 0 aliphatic carbocycles. The first-order valence-electron chi connectivity index (χ1n) is 6.46.